The molecule has 1 aliphatic heterocycles. The van der Waals surface area contributed by atoms with Gasteiger partial charge in [0.05, 0.1) is 12.8 Å². The van der Waals surface area contributed by atoms with Crippen molar-refractivity contribution >= 4 is 5.82 Å². The molecule has 1 aromatic carbocycles. The highest BCUT2D eigenvalue weighted by molar-refractivity contribution is 5.63. The maximum Gasteiger partial charge on any atom is 0.132 e. The molecule has 0 amide bonds. The van der Waals surface area contributed by atoms with Gasteiger partial charge in [0.15, 0.2) is 0 Å². The molecule has 0 spiro atoms. The minimum absolute atomic E-state index is 0.852. The number of aromatic nitrogens is 2. The zero-order valence-corrected chi connectivity index (χ0v) is 11.5. The normalized spacial score (nSPS) is 15.2. The highest BCUT2D eigenvalue weighted by atomic mass is 16.5. The summed E-state index contributed by atoms with van der Waals surface area (Å²) in [6.07, 6.45) is 1.64. The van der Waals surface area contributed by atoms with Gasteiger partial charge in [-0.15, -0.1) is 0 Å². The molecule has 1 saturated heterocycles. The van der Waals surface area contributed by atoms with Crippen molar-refractivity contribution in [3.63, 3.8) is 0 Å². The van der Waals surface area contributed by atoms with Crippen LogP contribution in [0.5, 0.6) is 5.75 Å². The van der Waals surface area contributed by atoms with Crippen LogP contribution < -0.4 is 15.0 Å². The Bertz CT molecular complexity index is 564. The molecule has 1 aromatic heterocycles. The van der Waals surface area contributed by atoms with Crippen molar-refractivity contribution < 1.29 is 4.74 Å². The average Bonchev–Trinajstić information content (AvgIpc) is 2.56. The summed E-state index contributed by atoms with van der Waals surface area (Å²) in [4.78, 5) is 11.0. The van der Waals surface area contributed by atoms with Crippen LogP contribution >= 0.6 is 0 Å². The molecular formula is C15H18N4O. The lowest BCUT2D eigenvalue weighted by Gasteiger charge is -2.28. The Balaban J connectivity index is 1.85. The predicted molar refractivity (Wildman–Crippen MR) is 79.1 cm³/mol. The van der Waals surface area contributed by atoms with Crippen LogP contribution in [0.2, 0.25) is 0 Å². The van der Waals surface area contributed by atoms with Gasteiger partial charge in [0.1, 0.15) is 17.9 Å². The third-order valence-electron chi connectivity index (χ3n) is 3.48. The second kappa shape index (κ2) is 5.88. The Morgan fingerprint density at radius 3 is 2.55 bits per heavy atom. The first-order valence-corrected chi connectivity index (χ1v) is 6.79. The third kappa shape index (κ3) is 2.72. The molecule has 5 heteroatoms. The van der Waals surface area contributed by atoms with Gasteiger partial charge in [-0.25, -0.2) is 9.97 Å². The van der Waals surface area contributed by atoms with Gasteiger partial charge >= 0.3 is 0 Å². The number of benzene rings is 1. The molecule has 0 radical (unpaired) electrons. The summed E-state index contributed by atoms with van der Waals surface area (Å²) in [5.74, 6) is 1.84. The number of ether oxygens (including phenoxy) is 1. The van der Waals surface area contributed by atoms with E-state index in [1.54, 1.807) is 13.4 Å². The molecule has 1 fully saturated rings. The van der Waals surface area contributed by atoms with Gasteiger partial charge in [-0.3, -0.25) is 0 Å². The van der Waals surface area contributed by atoms with Crippen LogP contribution in [0, 0.1) is 0 Å². The molecule has 0 aliphatic carbocycles. The molecule has 0 bridgehead atoms. The molecule has 104 valence electrons. The van der Waals surface area contributed by atoms with Crippen molar-refractivity contribution in [3.05, 3.63) is 36.7 Å². The first kappa shape index (κ1) is 12.9. The quantitative estimate of drug-likeness (QED) is 0.917. The van der Waals surface area contributed by atoms with E-state index >= 15 is 0 Å². The zero-order valence-electron chi connectivity index (χ0n) is 11.5. The lowest BCUT2D eigenvalue weighted by Crippen LogP contribution is -2.43. The van der Waals surface area contributed by atoms with E-state index in [1.807, 2.05) is 30.3 Å². The largest absolute Gasteiger partial charge is 0.497 e. The van der Waals surface area contributed by atoms with Gasteiger partial charge in [0, 0.05) is 37.8 Å². The molecule has 0 saturated carbocycles. The van der Waals surface area contributed by atoms with E-state index < -0.39 is 0 Å². The number of hydrogen-bond acceptors (Lipinski definition) is 5. The maximum absolute atomic E-state index is 5.18. The summed E-state index contributed by atoms with van der Waals surface area (Å²) >= 11 is 0. The Morgan fingerprint density at radius 1 is 1.10 bits per heavy atom. The van der Waals surface area contributed by atoms with Crippen molar-refractivity contribution in [2.75, 3.05) is 38.2 Å². The second-order valence-corrected chi connectivity index (χ2v) is 4.73. The number of hydrogen-bond donors (Lipinski definition) is 1. The summed E-state index contributed by atoms with van der Waals surface area (Å²) in [5.41, 5.74) is 2.01. The molecule has 0 unspecified atom stereocenters. The Morgan fingerprint density at radius 2 is 1.85 bits per heavy atom. The van der Waals surface area contributed by atoms with Gasteiger partial charge in [-0.05, 0) is 24.3 Å². The van der Waals surface area contributed by atoms with Crippen molar-refractivity contribution in [1.29, 1.82) is 0 Å². The van der Waals surface area contributed by atoms with Crippen LogP contribution in [-0.2, 0) is 0 Å². The summed E-state index contributed by atoms with van der Waals surface area (Å²) in [5, 5.41) is 3.34. The standard InChI is InChI=1S/C15H18N4O/c1-20-13-4-2-12(3-5-13)14-10-15(18-11-17-14)19-8-6-16-7-9-19/h2-5,10-11,16H,6-9H2,1H3. The smallest absolute Gasteiger partial charge is 0.132 e. The minimum atomic E-state index is 0.852. The van der Waals surface area contributed by atoms with E-state index in [0.29, 0.717) is 0 Å². The molecule has 2 aromatic rings. The van der Waals surface area contributed by atoms with E-state index in [0.717, 1.165) is 49.0 Å². The van der Waals surface area contributed by atoms with Gasteiger partial charge in [0.2, 0.25) is 0 Å². The topological polar surface area (TPSA) is 50.3 Å². The second-order valence-electron chi connectivity index (χ2n) is 4.73. The molecule has 0 atom stereocenters. The SMILES string of the molecule is COc1ccc(-c2cc(N3CCNCC3)ncn2)cc1. The first-order valence-electron chi connectivity index (χ1n) is 6.79. The fourth-order valence-electron chi connectivity index (χ4n) is 2.33. The minimum Gasteiger partial charge on any atom is -0.497 e. The Hall–Kier alpha value is -2.14. The van der Waals surface area contributed by atoms with Crippen LogP contribution in [0.3, 0.4) is 0 Å². The van der Waals surface area contributed by atoms with Gasteiger partial charge in [-0.1, -0.05) is 0 Å². The highest BCUT2D eigenvalue weighted by Gasteiger charge is 2.12. The van der Waals surface area contributed by atoms with Crippen LogP contribution in [-0.4, -0.2) is 43.3 Å². The summed E-state index contributed by atoms with van der Waals surface area (Å²) in [6.45, 7) is 3.97. The van der Waals surface area contributed by atoms with Gasteiger partial charge < -0.3 is 15.0 Å². The molecule has 1 aliphatic rings. The first-order chi connectivity index (χ1) is 9.86. The predicted octanol–water partition coefficient (Wildman–Crippen LogP) is 1.56. The van der Waals surface area contributed by atoms with Crippen molar-refractivity contribution in [2.45, 2.75) is 0 Å². The van der Waals surface area contributed by atoms with E-state index in [1.165, 1.54) is 0 Å². The molecule has 1 N–H and O–H groups in total. The molecule has 5 nitrogen and oxygen atoms in total. The third-order valence-corrected chi connectivity index (χ3v) is 3.48. The summed E-state index contributed by atoms with van der Waals surface area (Å²) < 4.78 is 5.18. The highest BCUT2D eigenvalue weighted by Crippen LogP contribution is 2.23. The number of methoxy groups -OCH3 is 1. The van der Waals surface area contributed by atoms with Crippen molar-refractivity contribution in [3.8, 4) is 17.0 Å². The Labute approximate surface area is 118 Å². The Kier molecular flexibility index (Phi) is 3.78. The monoisotopic (exact) mass is 270 g/mol. The number of anilines is 1. The van der Waals surface area contributed by atoms with Crippen LogP contribution in [0.25, 0.3) is 11.3 Å². The van der Waals surface area contributed by atoms with E-state index in [4.69, 9.17) is 4.74 Å². The summed E-state index contributed by atoms with van der Waals surface area (Å²) in [7, 11) is 1.67. The van der Waals surface area contributed by atoms with E-state index in [-0.39, 0.29) is 0 Å². The van der Waals surface area contributed by atoms with E-state index in [9.17, 15) is 0 Å². The number of nitrogens with one attached hydrogen (secondary N) is 1. The molecular weight excluding hydrogens is 252 g/mol. The van der Waals surface area contributed by atoms with Crippen molar-refractivity contribution in [2.24, 2.45) is 0 Å². The fourth-order valence-corrected chi connectivity index (χ4v) is 2.33. The molecule has 2 heterocycles. The van der Waals surface area contributed by atoms with Gasteiger partial charge in [0.25, 0.3) is 0 Å². The number of nitrogens with zero attached hydrogens (tertiary/aromatic N) is 3. The maximum atomic E-state index is 5.18. The lowest BCUT2D eigenvalue weighted by atomic mass is 10.1. The van der Waals surface area contributed by atoms with Gasteiger partial charge in [-0.2, -0.15) is 0 Å². The zero-order chi connectivity index (χ0) is 13.8. The van der Waals surface area contributed by atoms with Crippen LogP contribution in [0.15, 0.2) is 36.7 Å². The van der Waals surface area contributed by atoms with Crippen LogP contribution in [0.1, 0.15) is 0 Å². The summed E-state index contributed by atoms with van der Waals surface area (Å²) in [6, 6.07) is 9.97. The average molecular weight is 270 g/mol. The molecule has 20 heavy (non-hydrogen) atoms. The number of piperazine rings is 1. The molecule has 3 rings (SSSR count). The van der Waals surface area contributed by atoms with Crippen LogP contribution in [0.4, 0.5) is 5.82 Å². The van der Waals surface area contributed by atoms with E-state index in [2.05, 4.69) is 20.2 Å². The lowest BCUT2D eigenvalue weighted by molar-refractivity contribution is 0.415. The fraction of sp³-hybridized carbons (Fsp3) is 0.333. The van der Waals surface area contributed by atoms with Crippen molar-refractivity contribution in [1.82, 2.24) is 15.3 Å². The number of rotatable bonds is 3.